The average molecular weight is 271 g/mol. The maximum Gasteiger partial charge on any atom is 0.218 e. The van der Waals surface area contributed by atoms with Crippen molar-refractivity contribution in [3.63, 3.8) is 0 Å². The van der Waals surface area contributed by atoms with Gasteiger partial charge in [0.15, 0.2) is 6.79 Å². The summed E-state index contributed by atoms with van der Waals surface area (Å²) < 4.78 is 23.9. The number of thioether (sulfide) groups is 1. The van der Waals surface area contributed by atoms with E-state index in [-0.39, 0.29) is 18.5 Å². The Labute approximate surface area is 109 Å². The summed E-state index contributed by atoms with van der Waals surface area (Å²) in [6.45, 7) is 0.559. The van der Waals surface area contributed by atoms with Crippen molar-refractivity contribution in [1.29, 1.82) is 0 Å². The second-order valence-corrected chi connectivity index (χ2v) is 5.04. The first kappa shape index (κ1) is 13.2. The number of carbonyl (C=O) groups is 1. The summed E-state index contributed by atoms with van der Waals surface area (Å²) in [4.78, 5) is 10.6. The minimum atomic E-state index is -0.326. The zero-order valence-electron chi connectivity index (χ0n) is 9.78. The fraction of sp³-hybridized carbons (Fsp3) is 0.417. The van der Waals surface area contributed by atoms with Crippen molar-refractivity contribution in [2.45, 2.75) is 18.8 Å². The summed E-state index contributed by atoms with van der Waals surface area (Å²) in [5, 5.41) is 0. The molecule has 0 bridgehead atoms. The lowest BCUT2D eigenvalue weighted by Crippen LogP contribution is -2.13. The molecule has 0 aromatic heterocycles. The van der Waals surface area contributed by atoms with Gasteiger partial charge in [0, 0.05) is 29.1 Å². The van der Waals surface area contributed by atoms with Crippen LogP contribution in [0.5, 0.6) is 5.75 Å². The van der Waals surface area contributed by atoms with Crippen LogP contribution in [0.25, 0.3) is 0 Å². The molecule has 4 nitrogen and oxygen atoms in total. The van der Waals surface area contributed by atoms with E-state index >= 15 is 0 Å². The van der Waals surface area contributed by atoms with E-state index in [1.165, 1.54) is 23.9 Å². The fourth-order valence-electron chi connectivity index (χ4n) is 1.72. The van der Waals surface area contributed by atoms with Crippen LogP contribution >= 0.6 is 11.8 Å². The molecule has 0 radical (unpaired) electrons. The standard InChI is InChI=1S/C12H14FNO3S/c13-10-3-8-5-16-7-17-12(8)9(4-10)6-18-2-1-11(14)15/h3-4H,1-2,5-7H2,(H2,14,15). The molecule has 18 heavy (non-hydrogen) atoms. The summed E-state index contributed by atoms with van der Waals surface area (Å²) in [6, 6.07) is 2.88. The smallest absolute Gasteiger partial charge is 0.218 e. The maximum absolute atomic E-state index is 13.4. The van der Waals surface area contributed by atoms with Gasteiger partial charge in [-0.3, -0.25) is 4.79 Å². The lowest BCUT2D eigenvalue weighted by molar-refractivity contribution is -0.117. The number of ether oxygens (including phenoxy) is 2. The highest BCUT2D eigenvalue weighted by atomic mass is 32.2. The molecule has 1 heterocycles. The van der Waals surface area contributed by atoms with Crippen LogP contribution in [0.15, 0.2) is 12.1 Å². The molecule has 0 spiro atoms. The Hall–Kier alpha value is -1.27. The van der Waals surface area contributed by atoms with Gasteiger partial charge in [-0.1, -0.05) is 0 Å². The van der Waals surface area contributed by atoms with Crippen molar-refractivity contribution in [2.75, 3.05) is 12.5 Å². The molecule has 2 N–H and O–H groups in total. The van der Waals surface area contributed by atoms with Gasteiger partial charge in [-0.25, -0.2) is 4.39 Å². The normalized spacial score (nSPS) is 13.8. The number of carbonyl (C=O) groups excluding carboxylic acids is 1. The van der Waals surface area contributed by atoms with E-state index < -0.39 is 0 Å². The third-order valence-electron chi connectivity index (χ3n) is 2.50. The topological polar surface area (TPSA) is 61.6 Å². The molecule has 0 unspecified atom stereocenters. The first-order valence-corrected chi connectivity index (χ1v) is 6.70. The first-order valence-electron chi connectivity index (χ1n) is 5.54. The van der Waals surface area contributed by atoms with Crippen LogP contribution in [-0.4, -0.2) is 18.5 Å². The number of nitrogens with two attached hydrogens (primary N) is 1. The third-order valence-corrected chi connectivity index (χ3v) is 3.51. The zero-order chi connectivity index (χ0) is 13.0. The molecule has 0 atom stereocenters. The number of hydrogen-bond acceptors (Lipinski definition) is 4. The van der Waals surface area contributed by atoms with E-state index in [4.69, 9.17) is 15.2 Å². The van der Waals surface area contributed by atoms with E-state index in [0.717, 1.165) is 11.1 Å². The van der Waals surface area contributed by atoms with Crippen LogP contribution in [0.1, 0.15) is 17.5 Å². The van der Waals surface area contributed by atoms with Crippen molar-refractivity contribution in [1.82, 2.24) is 0 Å². The predicted octanol–water partition coefficient (Wildman–Crippen LogP) is 1.80. The van der Waals surface area contributed by atoms with Gasteiger partial charge in [0.2, 0.25) is 5.91 Å². The van der Waals surface area contributed by atoms with Gasteiger partial charge < -0.3 is 15.2 Å². The Morgan fingerprint density at radius 1 is 1.50 bits per heavy atom. The Morgan fingerprint density at radius 2 is 2.33 bits per heavy atom. The van der Waals surface area contributed by atoms with Crippen LogP contribution in [0.2, 0.25) is 0 Å². The number of amides is 1. The lowest BCUT2D eigenvalue weighted by atomic mass is 10.1. The summed E-state index contributed by atoms with van der Waals surface area (Å²) in [5.74, 6) is 1.29. The van der Waals surface area contributed by atoms with Crippen molar-refractivity contribution < 1.29 is 18.7 Å². The first-order chi connectivity index (χ1) is 8.66. The molecule has 1 aliphatic heterocycles. The van der Waals surface area contributed by atoms with Gasteiger partial charge in [0.1, 0.15) is 11.6 Å². The van der Waals surface area contributed by atoms with Crippen molar-refractivity contribution in [3.8, 4) is 5.75 Å². The highest BCUT2D eigenvalue weighted by Crippen LogP contribution is 2.31. The van der Waals surface area contributed by atoms with Crippen LogP contribution in [0, 0.1) is 5.82 Å². The van der Waals surface area contributed by atoms with Gasteiger partial charge in [-0.2, -0.15) is 11.8 Å². The van der Waals surface area contributed by atoms with E-state index in [9.17, 15) is 9.18 Å². The van der Waals surface area contributed by atoms with E-state index in [1.54, 1.807) is 0 Å². The molecule has 98 valence electrons. The molecule has 6 heteroatoms. The molecule has 0 saturated heterocycles. The summed E-state index contributed by atoms with van der Waals surface area (Å²) in [6.07, 6.45) is 0.326. The molecule has 0 aliphatic carbocycles. The number of hydrogen-bond donors (Lipinski definition) is 1. The van der Waals surface area contributed by atoms with E-state index in [1.807, 2.05) is 0 Å². The van der Waals surface area contributed by atoms with Gasteiger partial charge in [0.25, 0.3) is 0 Å². The quantitative estimate of drug-likeness (QED) is 0.830. The highest BCUT2D eigenvalue weighted by Gasteiger charge is 2.16. The minimum Gasteiger partial charge on any atom is -0.467 e. The zero-order valence-corrected chi connectivity index (χ0v) is 10.6. The van der Waals surface area contributed by atoms with Crippen LogP contribution in [0.3, 0.4) is 0 Å². The number of fused-ring (bicyclic) bond motifs is 1. The summed E-state index contributed by atoms with van der Waals surface area (Å²) in [7, 11) is 0. The third kappa shape index (κ3) is 3.36. The Balaban J connectivity index is 2.02. The molecule has 0 fully saturated rings. The van der Waals surface area contributed by atoms with E-state index in [2.05, 4.69) is 0 Å². The largest absolute Gasteiger partial charge is 0.467 e. The number of halogens is 1. The van der Waals surface area contributed by atoms with Crippen LogP contribution < -0.4 is 10.5 Å². The van der Waals surface area contributed by atoms with Crippen LogP contribution in [0.4, 0.5) is 4.39 Å². The Morgan fingerprint density at radius 3 is 3.11 bits per heavy atom. The molecule has 1 amide bonds. The van der Waals surface area contributed by atoms with Crippen molar-refractivity contribution >= 4 is 17.7 Å². The second kappa shape index (κ2) is 6.06. The monoisotopic (exact) mass is 271 g/mol. The van der Waals surface area contributed by atoms with Gasteiger partial charge in [0.05, 0.1) is 6.61 Å². The second-order valence-electron chi connectivity index (χ2n) is 3.93. The van der Waals surface area contributed by atoms with Crippen molar-refractivity contribution in [2.24, 2.45) is 5.73 Å². The Bertz CT molecular complexity index is 453. The van der Waals surface area contributed by atoms with Gasteiger partial charge in [-0.05, 0) is 12.1 Å². The molecule has 1 aromatic rings. The number of benzene rings is 1. The highest BCUT2D eigenvalue weighted by molar-refractivity contribution is 7.98. The molecular weight excluding hydrogens is 257 g/mol. The average Bonchev–Trinajstić information content (AvgIpc) is 2.34. The summed E-state index contributed by atoms with van der Waals surface area (Å²) >= 11 is 1.53. The van der Waals surface area contributed by atoms with Gasteiger partial charge >= 0.3 is 0 Å². The molecule has 1 aliphatic rings. The fourth-order valence-corrected chi connectivity index (χ4v) is 2.64. The molecular formula is C12H14FNO3S. The van der Waals surface area contributed by atoms with E-state index in [0.29, 0.717) is 30.3 Å². The van der Waals surface area contributed by atoms with Gasteiger partial charge in [-0.15, -0.1) is 0 Å². The Kier molecular flexibility index (Phi) is 4.43. The molecule has 1 aromatic carbocycles. The maximum atomic E-state index is 13.4. The predicted molar refractivity (Wildman–Crippen MR) is 66.7 cm³/mol. The number of primary amides is 1. The minimum absolute atomic E-state index is 0.192. The summed E-state index contributed by atoms with van der Waals surface area (Å²) in [5.41, 5.74) is 6.58. The molecule has 2 rings (SSSR count). The number of rotatable bonds is 5. The lowest BCUT2D eigenvalue weighted by Gasteiger charge is -2.20. The SMILES string of the molecule is NC(=O)CCSCc1cc(F)cc2c1OCOC2. The molecule has 0 saturated carbocycles. The van der Waals surface area contributed by atoms with Crippen molar-refractivity contribution in [3.05, 3.63) is 29.1 Å². The van der Waals surface area contributed by atoms with Crippen LogP contribution in [-0.2, 0) is 21.9 Å².